The number of piperidine rings is 2. The number of amides is 3. The van der Waals surface area contributed by atoms with E-state index in [0.717, 1.165) is 12.8 Å². The fourth-order valence-corrected chi connectivity index (χ4v) is 3.93. The minimum Gasteiger partial charge on any atom is -0.481 e. The van der Waals surface area contributed by atoms with Gasteiger partial charge in [0.1, 0.15) is 11.6 Å². The van der Waals surface area contributed by atoms with Gasteiger partial charge in [-0.15, -0.1) is 6.42 Å². The van der Waals surface area contributed by atoms with Gasteiger partial charge in [-0.3, -0.25) is 14.4 Å². The third-order valence-electron chi connectivity index (χ3n) is 5.70. The molecule has 0 aromatic heterocycles. The van der Waals surface area contributed by atoms with E-state index < -0.39 is 23.5 Å². The van der Waals surface area contributed by atoms with Crippen molar-refractivity contribution in [1.82, 2.24) is 15.1 Å². The van der Waals surface area contributed by atoms with Crippen LogP contribution in [0.2, 0.25) is 0 Å². The van der Waals surface area contributed by atoms with Crippen LogP contribution in [0.5, 0.6) is 0 Å². The van der Waals surface area contributed by atoms with E-state index in [1.54, 1.807) is 15.9 Å². The number of carboxylic acid groups (broad SMARTS) is 1. The van der Waals surface area contributed by atoms with Gasteiger partial charge in [-0.05, 0) is 58.4 Å². The van der Waals surface area contributed by atoms with Crippen LogP contribution in [0.15, 0.2) is 12.2 Å². The standard InChI is InChI=1S/C24H35N3O6/c1-5-19(15-21(29)30)25-22(31)18-7-6-12-27(16-18)20(28)9-8-17-10-13-26(14-11-17)23(32)33-24(2,3)4/h1,8-9,17-19H,6-7,10-16H2,2-4H3,(H,25,31)(H,29,30)/b9-8+/t18-,19-/m1/s1. The minimum absolute atomic E-state index is 0.152. The number of rotatable bonds is 6. The molecule has 0 spiro atoms. The molecule has 0 aliphatic carbocycles. The molecular formula is C24H35N3O6. The van der Waals surface area contributed by atoms with Crippen LogP contribution in [0.4, 0.5) is 4.79 Å². The first-order valence-electron chi connectivity index (χ1n) is 11.4. The van der Waals surface area contributed by atoms with Gasteiger partial charge in [0, 0.05) is 26.2 Å². The van der Waals surface area contributed by atoms with Crippen LogP contribution < -0.4 is 5.32 Å². The number of allylic oxidation sites excluding steroid dienone is 1. The predicted octanol–water partition coefficient (Wildman–Crippen LogP) is 2.02. The Balaban J connectivity index is 1.82. The molecule has 9 heteroatoms. The van der Waals surface area contributed by atoms with Gasteiger partial charge in [0.05, 0.1) is 12.3 Å². The number of likely N-dealkylation sites (tertiary alicyclic amines) is 2. The molecule has 0 saturated carbocycles. The summed E-state index contributed by atoms with van der Waals surface area (Å²) in [6.07, 6.45) is 10.9. The summed E-state index contributed by atoms with van der Waals surface area (Å²) in [6.45, 7) is 7.51. The lowest BCUT2D eigenvalue weighted by Gasteiger charge is -2.33. The summed E-state index contributed by atoms with van der Waals surface area (Å²) in [7, 11) is 0. The molecule has 182 valence electrons. The normalized spacial score (nSPS) is 20.7. The zero-order valence-electron chi connectivity index (χ0n) is 19.7. The maximum absolute atomic E-state index is 12.7. The first kappa shape index (κ1) is 26.2. The Morgan fingerprint density at radius 3 is 2.39 bits per heavy atom. The second kappa shape index (κ2) is 11.7. The smallest absolute Gasteiger partial charge is 0.410 e. The number of carboxylic acids is 1. The third kappa shape index (κ3) is 8.79. The van der Waals surface area contributed by atoms with Gasteiger partial charge in [-0.25, -0.2) is 4.79 Å². The topological polar surface area (TPSA) is 116 Å². The number of ether oxygens (including phenoxy) is 1. The summed E-state index contributed by atoms with van der Waals surface area (Å²) in [5.74, 6) is 0.499. The lowest BCUT2D eigenvalue weighted by atomic mass is 9.95. The molecule has 0 aromatic rings. The van der Waals surface area contributed by atoms with Crippen LogP contribution in [-0.4, -0.2) is 76.6 Å². The van der Waals surface area contributed by atoms with Crippen LogP contribution in [0.1, 0.15) is 52.9 Å². The van der Waals surface area contributed by atoms with Crippen molar-refractivity contribution in [2.75, 3.05) is 26.2 Å². The molecule has 2 rings (SSSR count). The molecule has 0 bridgehead atoms. The van der Waals surface area contributed by atoms with Crippen molar-refractivity contribution in [1.29, 1.82) is 0 Å². The number of terminal acetylenes is 1. The summed E-state index contributed by atoms with van der Waals surface area (Å²) in [5, 5.41) is 11.5. The Kier molecular flexibility index (Phi) is 9.32. The molecule has 2 saturated heterocycles. The van der Waals surface area contributed by atoms with Gasteiger partial charge in [0.25, 0.3) is 0 Å². The summed E-state index contributed by atoms with van der Waals surface area (Å²) in [5.41, 5.74) is -0.526. The molecule has 33 heavy (non-hydrogen) atoms. The average molecular weight is 462 g/mol. The van der Waals surface area contributed by atoms with Crippen LogP contribution >= 0.6 is 0 Å². The van der Waals surface area contributed by atoms with Crippen LogP contribution in [0.25, 0.3) is 0 Å². The van der Waals surface area contributed by atoms with E-state index in [1.807, 2.05) is 26.8 Å². The van der Waals surface area contributed by atoms with Gasteiger partial charge in [0.15, 0.2) is 0 Å². The molecule has 2 fully saturated rings. The molecule has 9 nitrogen and oxygen atoms in total. The Morgan fingerprint density at radius 1 is 1.15 bits per heavy atom. The number of nitrogens with zero attached hydrogens (tertiary/aromatic N) is 2. The highest BCUT2D eigenvalue weighted by Crippen LogP contribution is 2.22. The van der Waals surface area contributed by atoms with E-state index in [2.05, 4.69) is 11.2 Å². The number of carbonyl (C=O) groups is 4. The third-order valence-corrected chi connectivity index (χ3v) is 5.70. The lowest BCUT2D eigenvalue weighted by Crippen LogP contribution is -2.47. The fraction of sp³-hybridized carbons (Fsp3) is 0.667. The van der Waals surface area contributed by atoms with Crippen molar-refractivity contribution in [3.63, 3.8) is 0 Å². The Bertz CT molecular complexity index is 802. The van der Waals surface area contributed by atoms with Gasteiger partial charge >= 0.3 is 12.1 Å². The summed E-state index contributed by atoms with van der Waals surface area (Å²) < 4.78 is 5.40. The summed E-state index contributed by atoms with van der Waals surface area (Å²) >= 11 is 0. The first-order valence-corrected chi connectivity index (χ1v) is 11.4. The summed E-state index contributed by atoms with van der Waals surface area (Å²) in [6, 6.07) is -0.868. The van der Waals surface area contributed by atoms with E-state index in [-0.39, 0.29) is 36.8 Å². The highest BCUT2D eigenvalue weighted by Gasteiger charge is 2.30. The zero-order valence-corrected chi connectivity index (χ0v) is 19.7. The SMILES string of the molecule is C#C[C@H](CC(=O)O)NC(=O)[C@@H]1CCCN(C(=O)/C=C/C2CCN(C(=O)OC(C)(C)C)CC2)C1. The van der Waals surface area contributed by atoms with E-state index >= 15 is 0 Å². The van der Waals surface area contributed by atoms with Crippen molar-refractivity contribution >= 4 is 23.9 Å². The van der Waals surface area contributed by atoms with Crippen molar-refractivity contribution in [2.24, 2.45) is 11.8 Å². The van der Waals surface area contributed by atoms with E-state index in [9.17, 15) is 19.2 Å². The van der Waals surface area contributed by atoms with Crippen LogP contribution in [-0.2, 0) is 19.1 Å². The molecule has 2 atom stereocenters. The number of hydrogen-bond donors (Lipinski definition) is 2. The Morgan fingerprint density at radius 2 is 1.82 bits per heavy atom. The second-order valence-corrected chi connectivity index (χ2v) is 9.61. The molecule has 0 unspecified atom stereocenters. The van der Waals surface area contributed by atoms with Gasteiger partial charge in [-0.1, -0.05) is 12.0 Å². The first-order chi connectivity index (χ1) is 15.5. The lowest BCUT2D eigenvalue weighted by molar-refractivity contribution is -0.137. The van der Waals surface area contributed by atoms with Gasteiger partial charge in [-0.2, -0.15) is 0 Å². The minimum atomic E-state index is -1.08. The average Bonchev–Trinajstić information content (AvgIpc) is 2.75. The maximum atomic E-state index is 12.7. The fourth-order valence-electron chi connectivity index (χ4n) is 3.93. The number of nitrogens with one attached hydrogen (secondary N) is 1. The second-order valence-electron chi connectivity index (χ2n) is 9.61. The molecule has 2 heterocycles. The Labute approximate surface area is 195 Å². The number of aliphatic carboxylic acids is 1. The van der Waals surface area contributed by atoms with Crippen molar-refractivity contribution in [3.8, 4) is 12.3 Å². The quantitative estimate of drug-likeness (QED) is 0.462. The predicted molar refractivity (Wildman–Crippen MR) is 122 cm³/mol. The molecule has 2 N–H and O–H groups in total. The summed E-state index contributed by atoms with van der Waals surface area (Å²) in [4.78, 5) is 51.5. The van der Waals surface area contributed by atoms with E-state index in [0.29, 0.717) is 32.5 Å². The van der Waals surface area contributed by atoms with Crippen LogP contribution in [0, 0.1) is 24.2 Å². The number of carbonyl (C=O) groups excluding carboxylic acids is 3. The van der Waals surface area contributed by atoms with Crippen LogP contribution in [0.3, 0.4) is 0 Å². The Hall–Kier alpha value is -3.02. The molecule has 0 aromatic carbocycles. The van der Waals surface area contributed by atoms with E-state index in [1.165, 1.54) is 0 Å². The van der Waals surface area contributed by atoms with E-state index in [4.69, 9.17) is 16.3 Å². The highest BCUT2D eigenvalue weighted by atomic mass is 16.6. The zero-order chi connectivity index (χ0) is 24.6. The van der Waals surface area contributed by atoms with Crippen molar-refractivity contribution in [2.45, 2.75) is 64.5 Å². The molecule has 2 aliphatic heterocycles. The largest absolute Gasteiger partial charge is 0.481 e. The molecule has 3 amide bonds. The molecule has 0 radical (unpaired) electrons. The monoisotopic (exact) mass is 461 g/mol. The van der Waals surface area contributed by atoms with Crippen molar-refractivity contribution in [3.05, 3.63) is 12.2 Å². The highest BCUT2D eigenvalue weighted by molar-refractivity contribution is 5.88. The van der Waals surface area contributed by atoms with Gasteiger partial charge in [0.2, 0.25) is 11.8 Å². The molecular weight excluding hydrogens is 426 g/mol. The maximum Gasteiger partial charge on any atom is 0.410 e. The molecule has 2 aliphatic rings. The van der Waals surface area contributed by atoms with Gasteiger partial charge < -0.3 is 25.0 Å². The number of hydrogen-bond acceptors (Lipinski definition) is 5. The van der Waals surface area contributed by atoms with Crippen molar-refractivity contribution < 1.29 is 29.0 Å².